The first-order valence-corrected chi connectivity index (χ1v) is 8.68. The normalized spacial score (nSPS) is 14.8. The summed E-state index contributed by atoms with van der Waals surface area (Å²) in [4.78, 5) is 19.2. The van der Waals surface area contributed by atoms with Crippen LogP contribution in [0.1, 0.15) is 15.9 Å². The molecule has 1 aliphatic rings. The summed E-state index contributed by atoms with van der Waals surface area (Å²) in [6.07, 6.45) is -3.43. The van der Waals surface area contributed by atoms with Crippen molar-refractivity contribution in [2.75, 3.05) is 45.3 Å². The molecule has 0 unspecified atom stereocenters. The van der Waals surface area contributed by atoms with Crippen molar-refractivity contribution in [3.63, 3.8) is 0 Å². The van der Waals surface area contributed by atoms with Crippen LogP contribution in [0.5, 0.6) is 11.5 Å². The van der Waals surface area contributed by atoms with Crippen molar-refractivity contribution in [2.24, 2.45) is 0 Å². The van der Waals surface area contributed by atoms with Gasteiger partial charge in [0.1, 0.15) is 30.8 Å². The number of hydrogen-bond acceptors (Lipinski definition) is 4. The first kappa shape index (κ1) is 19.8. The van der Waals surface area contributed by atoms with Gasteiger partial charge in [-0.3, -0.25) is 9.69 Å². The van der Waals surface area contributed by atoms with E-state index in [9.17, 15) is 18.0 Å². The van der Waals surface area contributed by atoms with E-state index in [0.29, 0.717) is 49.1 Å². The minimum Gasteiger partial charge on any atom is -0.497 e. The molecule has 1 fully saturated rings. The molecular formula is C19H21F3N3O3+. The maximum absolute atomic E-state index is 12.9. The maximum Gasteiger partial charge on any atom is 0.419 e. The number of aromatic amines is 1. The molecule has 1 aromatic carbocycles. The molecule has 6 nitrogen and oxygen atoms in total. The Balaban J connectivity index is 1.68. The van der Waals surface area contributed by atoms with Crippen LogP contribution in [-0.4, -0.2) is 51.2 Å². The smallest absolute Gasteiger partial charge is 0.419 e. The standard InChI is InChI=1S/C19H20F3N3O3/c1-27-14-4-5-16(28-2)15(11-14)18(26)25-9-7-24(8-10-25)17-6-3-13(12-23-17)19(20,21)22/h3-6,11-12H,7-10H2,1-2H3/p+1. The fourth-order valence-electron chi connectivity index (χ4n) is 3.09. The highest BCUT2D eigenvalue weighted by Crippen LogP contribution is 2.29. The lowest BCUT2D eigenvalue weighted by Crippen LogP contribution is -2.50. The molecule has 150 valence electrons. The van der Waals surface area contributed by atoms with Crippen molar-refractivity contribution >= 4 is 11.7 Å². The minimum absolute atomic E-state index is 0.174. The number of aromatic nitrogens is 1. The molecule has 0 radical (unpaired) electrons. The van der Waals surface area contributed by atoms with Gasteiger partial charge < -0.3 is 14.4 Å². The predicted molar refractivity (Wildman–Crippen MR) is 95.7 cm³/mol. The van der Waals surface area contributed by atoms with Gasteiger partial charge in [-0.05, 0) is 24.3 Å². The second-order valence-corrected chi connectivity index (χ2v) is 6.31. The zero-order chi connectivity index (χ0) is 20.3. The number of hydrogen-bond donors (Lipinski definition) is 0. The van der Waals surface area contributed by atoms with Gasteiger partial charge in [0, 0.05) is 6.07 Å². The molecule has 1 aromatic heterocycles. The monoisotopic (exact) mass is 396 g/mol. The summed E-state index contributed by atoms with van der Waals surface area (Å²) < 4.78 is 48.5. The lowest BCUT2D eigenvalue weighted by atomic mass is 10.1. The Kier molecular flexibility index (Phi) is 5.62. The molecule has 0 atom stereocenters. The van der Waals surface area contributed by atoms with Crippen LogP contribution in [0.3, 0.4) is 0 Å². The number of pyridine rings is 1. The average Bonchev–Trinajstić information content (AvgIpc) is 2.72. The third-order valence-electron chi connectivity index (χ3n) is 4.67. The summed E-state index contributed by atoms with van der Waals surface area (Å²) >= 11 is 0. The van der Waals surface area contributed by atoms with Crippen LogP contribution in [0, 0.1) is 0 Å². The Morgan fingerprint density at radius 2 is 1.75 bits per heavy atom. The van der Waals surface area contributed by atoms with Crippen LogP contribution in [0.15, 0.2) is 36.5 Å². The fraction of sp³-hybridized carbons (Fsp3) is 0.368. The van der Waals surface area contributed by atoms with Crippen molar-refractivity contribution in [2.45, 2.75) is 6.18 Å². The molecule has 28 heavy (non-hydrogen) atoms. The van der Waals surface area contributed by atoms with Gasteiger partial charge in [0.25, 0.3) is 11.7 Å². The predicted octanol–water partition coefficient (Wildman–Crippen LogP) is 2.50. The lowest BCUT2D eigenvalue weighted by Gasteiger charge is -2.31. The molecule has 1 aliphatic heterocycles. The number of halogens is 3. The Morgan fingerprint density at radius 1 is 1.04 bits per heavy atom. The molecule has 0 bridgehead atoms. The first-order valence-electron chi connectivity index (χ1n) is 8.68. The van der Waals surface area contributed by atoms with Crippen LogP contribution in [0.2, 0.25) is 0 Å². The number of nitrogens with one attached hydrogen (secondary N) is 1. The van der Waals surface area contributed by atoms with Crippen LogP contribution in [0.4, 0.5) is 19.0 Å². The number of alkyl halides is 3. The summed E-state index contributed by atoms with van der Waals surface area (Å²) in [6, 6.07) is 7.49. The SMILES string of the molecule is COc1ccc(OC)c(C(=O)N2CCN(c3ccc(C(F)(F)F)c[nH+]3)CC2)c1. The average molecular weight is 396 g/mol. The first-order chi connectivity index (χ1) is 13.3. The second kappa shape index (κ2) is 7.95. The van der Waals surface area contributed by atoms with Gasteiger partial charge in [-0.15, -0.1) is 0 Å². The number of benzene rings is 1. The van der Waals surface area contributed by atoms with Gasteiger partial charge in [-0.2, -0.15) is 13.2 Å². The molecule has 0 saturated carbocycles. The number of piperazine rings is 1. The number of ether oxygens (including phenoxy) is 2. The zero-order valence-electron chi connectivity index (χ0n) is 15.5. The fourth-order valence-corrected chi connectivity index (χ4v) is 3.09. The molecule has 0 spiro atoms. The van der Waals surface area contributed by atoms with E-state index < -0.39 is 11.7 Å². The van der Waals surface area contributed by atoms with Crippen LogP contribution in [0.25, 0.3) is 0 Å². The highest BCUT2D eigenvalue weighted by molar-refractivity contribution is 5.97. The molecule has 2 aromatic rings. The zero-order valence-corrected chi connectivity index (χ0v) is 15.5. The molecule has 2 heterocycles. The van der Waals surface area contributed by atoms with E-state index in [4.69, 9.17) is 9.47 Å². The Hall–Kier alpha value is -2.97. The van der Waals surface area contributed by atoms with Crippen LogP contribution < -0.4 is 19.4 Å². The van der Waals surface area contributed by atoms with Gasteiger partial charge in [-0.25, -0.2) is 4.98 Å². The summed E-state index contributed by atoms with van der Waals surface area (Å²) in [6.45, 7) is 1.88. The highest BCUT2D eigenvalue weighted by Gasteiger charge is 2.33. The van der Waals surface area contributed by atoms with Gasteiger partial charge >= 0.3 is 6.18 Å². The Morgan fingerprint density at radius 3 is 2.29 bits per heavy atom. The summed E-state index contributed by atoms with van der Waals surface area (Å²) in [5.74, 6) is 1.43. The van der Waals surface area contributed by atoms with E-state index >= 15 is 0 Å². The number of H-pyrrole nitrogens is 1. The van der Waals surface area contributed by atoms with E-state index in [-0.39, 0.29) is 5.91 Å². The molecule has 1 amide bonds. The number of carbonyl (C=O) groups is 1. The van der Waals surface area contributed by atoms with Crippen molar-refractivity contribution in [1.29, 1.82) is 0 Å². The van der Waals surface area contributed by atoms with Gasteiger partial charge in [-0.1, -0.05) is 0 Å². The van der Waals surface area contributed by atoms with E-state index in [2.05, 4.69) is 4.98 Å². The third kappa shape index (κ3) is 4.13. The van der Waals surface area contributed by atoms with Crippen molar-refractivity contribution in [3.05, 3.63) is 47.7 Å². The van der Waals surface area contributed by atoms with Crippen LogP contribution >= 0.6 is 0 Å². The molecule has 0 aliphatic carbocycles. The van der Waals surface area contributed by atoms with Crippen molar-refractivity contribution in [3.8, 4) is 11.5 Å². The van der Waals surface area contributed by atoms with Crippen molar-refractivity contribution < 1.29 is 32.4 Å². The molecular weight excluding hydrogens is 375 g/mol. The second-order valence-electron chi connectivity index (χ2n) is 6.31. The third-order valence-corrected chi connectivity index (χ3v) is 4.67. The number of carbonyl (C=O) groups excluding carboxylic acids is 1. The number of nitrogens with zero attached hydrogens (tertiary/aromatic N) is 2. The Bertz CT molecular complexity index is 833. The van der Waals surface area contributed by atoms with Crippen molar-refractivity contribution in [1.82, 2.24) is 4.90 Å². The summed E-state index contributed by atoms with van der Waals surface area (Å²) in [5.41, 5.74) is -0.313. The molecule has 3 rings (SSSR count). The van der Waals surface area contributed by atoms with E-state index in [1.54, 1.807) is 23.1 Å². The number of methoxy groups -OCH3 is 2. The quantitative estimate of drug-likeness (QED) is 0.797. The van der Waals surface area contributed by atoms with Crippen LogP contribution in [-0.2, 0) is 6.18 Å². The van der Waals surface area contributed by atoms with Gasteiger partial charge in [0.15, 0.2) is 0 Å². The van der Waals surface area contributed by atoms with Gasteiger partial charge in [0.05, 0.1) is 38.4 Å². The largest absolute Gasteiger partial charge is 0.497 e. The van der Waals surface area contributed by atoms with E-state index in [1.165, 1.54) is 20.3 Å². The lowest BCUT2D eigenvalue weighted by molar-refractivity contribution is -0.367. The molecule has 1 saturated heterocycles. The number of amides is 1. The summed E-state index contributed by atoms with van der Waals surface area (Å²) in [7, 11) is 3.02. The molecule has 1 N–H and O–H groups in total. The van der Waals surface area contributed by atoms with E-state index in [0.717, 1.165) is 12.3 Å². The Labute approximate surface area is 160 Å². The topological polar surface area (TPSA) is 56.2 Å². The van der Waals surface area contributed by atoms with Gasteiger partial charge in [0.2, 0.25) is 0 Å². The minimum atomic E-state index is -4.38. The summed E-state index contributed by atoms with van der Waals surface area (Å²) in [5, 5.41) is 0. The maximum atomic E-state index is 12.9. The highest BCUT2D eigenvalue weighted by atomic mass is 19.4. The molecule has 9 heteroatoms. The van der Waals surface area contributed by atoms with E-state index in [1.807, 2.05) is 4.90 Å². The number of rotatable bonds is 4. The number of anilines is 1.